The summed E-state index contributed by atoms with van der Waals surface area (Å²) in [5.74, 6) is -2.22. The molecule has 10 atom stereocenters. The topological polar surface area (TPSA) is 242 Å². The van der Waals surface area contributed by atoms with Crippen molar-refractivity contribution < 1.29 is 69.1 Å². The monoisotopic (exact) mass is 511 g/mol. The number of carbonyl (C=O) groups is 3. The Hall–Kier alpha value is -1.95. The largest absolute Gasteiger partial charge is 0.463 e. The van der Waals surface area contributed by atoms with Gasteiger partial charge >= 0.3 is 11.9 Å². The highest BCUT2D eigenvalue weighted by atomic mass is 16.7. The van der Waals surface area contributed by atoms with E-state index in [4.69, 9.17) is 18.9 Å². The van der Waals surface area contributed by atoms with E-state index in [0.717, 1.165) is 0 Å². The molecule has 0 aromatic rings. The van der Waals surface area contributed by atoms with Gasteiger partial charge in [0.15, 0.2) is 12.6 Å². The Kier molecular flexibility index (Phi) is 11.2. The van der Waals surface area contributed by atoms with Gasteiger partial charge in [0, 0.05) is 6.42 Å². The average Bonchev–Trinajstić information content (AvgIpc) is 2.82. The zero-order chi connectivity index (χ0) is 26.3. The van der Waals surface area contributed by atoms with Crippen LogP contribution in [-0.2, 0) is 33.3 Å². The summed E-state index contributed by atoms with van der Waals surface area (Å²) in [6, 6.07) is -1.28. The first-order valence-corrected chi connectivity index (χ1v) is 11.1. The van der Waals surface area contributed by atoms with Crippen LogP contribution in [-0.4, -0.2) is 128 Å². The van der Waals surface area contributed by atoms with Crippen molar-refractivity contribution in [2.45, 2.75) is 94.0 Å². The van der Waals surface area contributed by atoms with E-state index in [1.165, 1.54) is 0 Å². The van der Waals surface area contributed by atoms with Gasteiger partial charge in [-0.3, -0.25) is 14.4 Å². The fraction of sp³-hybridized carbons (Fsp3) is 0.850. The Balaban J connectivity index is 1.71. The molecule has 0 spiro atoms. The van der Waals surface area contributed by atoms with Crippen LogP contribution in [0.15, 0.2) is 0 Å². The summed E-state index contributed by atoms with van der Waals surface area (Å²) < 4.78 is 19.7. The van der Waals surface area contributed by atoms with Crippen LogP contribution in [0.4, 0.5) is 0 Å². The number of nitrogens with one attached hydrogen (secondary N) is 1. The molecule has 2 rings (SSSR count). The average molecular weight is 511 g/mol. The molecule has 2 fully saturated rings. The van der Waals surface area contributed by atoms with Gasteiger partial charge in [-0.2, -0.15) is 0 Å². The van der Waals surface area contributed by atoms with Crippen LogP contribution in [0.5, 0.6) is 0 Å². The molecule has 202 valence electrons. The summed E-state index contributed by atoms with van der Waals surface area (Å²) in [5.41, 5.74) is 0. The van der Waals surface area contributed by atoms with Gasteiger partial charge < -0.3 is 60.0 Å². The molecule has 0 saturated carbocycles. The predicted octanol–water partition coefficient (Wildman–Crippen LogP) is -4.62. The van der Waals surface area contributed by atoms with Gasteiger partial charge in [-0.15, -0.1) is 0 Å². The zero-order valence-corrected chi connectivity index (χ0v) is 19.0. The molecule has 0 bridgehead atoms. The van der Waals surface area contributed by atoms with E-state index in [-0.39, 0.29) is 6.42 Å². The third-order valence-corrected chi connectivity index (χ3v) is 5.56. The first-order valence-electron chi connectivity index (χ1n) is 11.1. The van der Waals surface area contributed by atoms with E-state index in [9.17, 15) is 50.1 Å². The molecular formula is C20H33NO14. The van der Waals surface area contributed by atoms with Crippen molar-refractivity contribution in [3.63, 3.8) is 0 Å². The van der Waals surface area contributed by atoms with Crippen LogP contribution in [0.2, 0.25) is 0 Å². The molecule has 15 heteroatoms. The van der Waals surface area contributed by atoms with Gasteiger partial charge in [0.25, 0.3) is 0 Å². The number of hydrogen-bond donors (Lipinski definition) is 8. The van der Waals surface area contributed by atoms with Crippen LogP contribution in [0.25, 0.3) is 0 Å². The lowest BCUT2D eigenvalue weighted by atomic mass is 9.97. The summed E-state index contributed by atoms with van der Waals surface area (Å²) in [4.78, 5) is 35.4. The molecule has 2 unspecified atom stereocenters. The molecular weight excluding hydrogens is 478 g/mol. The number of esters is 2. The van der Waals surface area contributed by atoms with Crippen LogP contribution in [0, 0.1) is 0 Å². The number of aliphatic hydroxyl groups excluding tert-OH is 7. The molecule has 0 aromatic heterocycles. The van der Waals surface area contributed by atoms with Gasteiger partial charge in [-0.25, -0.2) is 0 Å². The second-order valence-corrected chi connectivity index (χ2v) is 8.29. The molecule has 8 N–H and O–H groups in total. The van der Waals surface area contributed by atoms with Gasteiger partial charge in [-0.1, -0.05) is 6.92 Å². The zero-order valence-electron chi connectivity index (χ0n) is 19.0. The first-order chi connectivity index (χ1) is 16.5. The molecule has 1 amide bonds. The lowest BCUT2D eigenvalue weighted by Crippen LogP contribution is -2.64. The fourth-order valence-electron chi connectivity index (χ4n) is 3.49. The van der Waals surface area contributed by atoms with E-state index in [0.29, 0.717) is 6.42 Å². The van der Waals surface area contributed by atoms with Gasteiger partial charge in [0.05, 0.1) is 12.8 Å². The van der Waals surface area contributed by atoms with Crippen molar-refractivity contribution in [2.75, 3.05) is 13.2 Å². The Morgan fingerprint density at radius 3 is 1.69 bits per heavy atom. The molecule has 2 heterocycles. The SMILES string of the molecule is CCCC(=O)N[C@H]1C(O)O[C@H](COC(=O)CCC(=O)OC[C@H]2OC(O)[C@H](O)[C@@H](O)[C@@H]2O)[C@@H](O)[C@@H]1O. The van der Waals surface area contributed by atoms with Crippen molar-refractivity contribution in [3.05, 3.63) is 0 Å². The van der Waals surface area contributed by atoms with Crippen molar-refractivity contribution in [1.29, 1.82) is 0 Å². The van der Waals surface area contributed by atoms with E-state index < -0.39 is 105 Å². The Morgan fingerprint density at radius 2 is 1.17 bits per heavy atom. The summed E-state index contributed by atoms with van der Waals surface area (Å²) in [6.45, 7) is 0.643. The summed E-state index contributed by atoms with van der Waals surface area (Å²) in [5, 5.41) is 71.0. The summed E-state index contributed by atoms with van der Waals surface area (Å²) >= 11 is 0. The van der Waals surface area contributed by atoms with Gasteiger partial charge in [0.1, 0.15) is 62.0 Å². The van der Waals surface area contributed by atoms with Crippen molar-refractivity contribution >= 4 is 17.8 Å². The molecule has 35 heavy (non-hydrogen) atoms. The van der Waals surface area contributed by atoms with Crippen molar-refractivity contribution in [1.82, 2.24) is 5.32 Å². The summed E-state index contributed by atoms with van der Waals surface area (Å²) in [6.07, 6.45) is -14.5. The predicted molar refractivity (Wildman–Crippen MR) is 110 cm³/mol. The Bertz CT molecular complexity index is 722. The third-order valence-electron chi connectivity index (χ3n) is 5.56. The van der Waals surface area contributed by atoms with Crippen LogP contribution < -0.4 is 5.32 Å². The molecule has 0 aromatic carbocycles. The Morgan fingerprint density at radius 1 is 0.686 bits per heavy atom. The lowest BCUT2D eigenvalue weighted by Gasteiger charge is -2.40. The maximum atomic E-state index is 11.9. The first kappa shape index (κ1) is 29.3. The number of amides is 1. The maximum Gasteiger partial charge on any atom is 0.306 e. The van der Waals surface area contributed by atoms with E-state index in [2.05, 4.69) is 5.32 Å². The maximum absolute atomic E-state index is 11.9. The van der Waals surface area contributed by atoms with Crippen molar-refractivity contribution in [3.8, 4) is 0 Å². The Labute approximate surface area is 200 Å². The minimum absolute atomic E-state index is 0.150. The normalized spacial score (nSPS) is 37.4. The van der Waals surface area contributed by atoms with Crippen LogP contribution >= 0.6 is 0 Å². The molecule has 2 saturated heterocycles. The highest BCUT2D eigenvalue weighted by Crippen LogP contribution is 2.22. The lowest BCUT2D eigenvalue weighted by molar-refractivity contribution is -0.287. The standard InChI is InChI=1S/C20H33NO14/c1-2-3-10(22)21-13-16(27)14(25)8(34-19(13)30)6-32-11(23)4-5-12(24)33-7-9-15(26)17(28)18(29)20(31)35-9/h8-9,13-20,25-31H,2-7H2,1H3,(H,21,22)/t8-,9-,13-,14-,15-,16-,17+,18-,19?,20?/m1/s1. The molecule has 0 radical (unpaired) electrons. The van der Waals surface area contributed by atoms with E-state index in [1.54, 1.807) is 6.92 Å². The molecule has 2 aliphatic heterocycles. The number of rotatable bonds is 10. The fourth-order valence-corrected chi connectivity index (χ4v) is 3.49. The van der Waals surface area contributed by atoms with E-state index >= 15 is 0 Å². The van der Waals surface area contributed by atoms with Crippen LogP contribution in [0.1, 0.15) is 32.6 Å². The number of aliphatic hydroxyl groups is 7. The number of carbonyl (C=O) groups excluding carboxylic acids is 3. The van der Waals surface area contributed by atoms with E-state index in [1.807, 2.05) is 0 Å². The molecule has 2 aliphatic rings. The van der Waals surface area contributed by atoms with Gasteiger partial charge in [0.2, 0.25) is 5.91 Å². The third kappa shape index (κ3) is 8.03. The smallest absolute Gasteiger partial charge is 0.306 e. The molecule has 0 aliphatic carbocycles. The van der Waals surface area contributed by atoms with Gasteiger partial charge in [-0.05, 0) is 6.42 Å². The minimum atomic E-state index is -1.79. The van der Waals surface area contributed by atoms with Crippen molar-refractivity contribution in [2.24, 2.45) is 0 Å². The van der Waals surface area contributed by atoms with Crippen LogP contribution in [0.3, 0.4) is 0 Å². The highest BCUT2D eigenvalue weighted by molar-refractivity contribution is 5.77. The number of ether oxygens (including phenoxy) is 4. The second-order valence-electron chi connectivity index (χ2n) is 8.29. The second kappa shape index (κ2) is 13.4. The quantitative estimate of drug-likeness (QED) is 0.129. The summed E-state index contributed by atoms with van der Waals surface area (Å²) in [7, 11) is 0. The molecule has 15 nitrogen and oxygen atoms in total. The number of hydrogen-bond acceptors (Lipinski definition) is 14. The highest BCUT2D eigenvalue weighted by Gasteiger charge is 2.45. The minimum Gasteiger partial charge on any atom is -0.463 e.